The molecule has 114 valence electrons. The van der Waals surface area contributed by atoms with E-state index >= 15 is 0 Å². The van der Waals surface area contributed by atoms with E-state index in [1.54, 1.807) is 18.2 Å². The van der Waals surface area contributed by atoms with Crippen molar-refractivity contribution in [3.63, 3.8) is 0 Å². The number of likely N-dealkylation sites (tertiary alicyclic amines) is 1. The van der Waals surface area contributed by atoms with Crippen LogP contribution in [0.25, 0.3) is 0 Å². The Bertz CT molecular complexity index is 573. The summed E-state index contributed by atoms with van der Waals surface area (Å²) < 4.78 is 0.796. The number of thiocarbonyl (C=S) groups is 1. The predicted molar refractivity (Wildman–Crippen MR) is 92.9 cm³/mol. The molecule has 1 fully saturated rings. The van der Waals surface area contributed by atoms with E-state index in [2.05, 4.69) is 26.1 Å². The molecule has 7 heteroatoms. The third kappa shape index (κ3) is 3.74. The number of amides is 1. The molecule has 4 nitrogen and oxygen atoms in total. The number of nitrogens with zero attached hydrogens (tertiary/aromatic N) is 1. The Morgan fingerprint density at radius 3 is 2.67 bits per heavy atom. The lowest BCUT2D eigenvalue weighted by Crippen LogP contribution is -2.61. The molecule has 3 N–H and O–H groups in total. The van der Waals surface area contributed by atoms with Crippen LogP contribution in [-0.4, -0.2) is 41.5 Å². The van der Waals surface area contributed by atoms with Crippen LogP contribution in [0.1, 0.15) is 23.2 Å². The number of rotatable bonds is 3. The third-order valence-electron chi connectivity index (χ3n) is 3.84. The maximum absolute atomic E-state index is 12.5. The molecule has 1 saturated heterocycles. The lowest BCUT2D eigenvalue weighted by molar-refractivity contribution is 0.0890. The second-order valence-electron chi connectivity index (χ2n) is 5.33. The Balaban J connectivity index is 2.23. The van der Waals surface area contributed by atoms with Crippen LogP contribution < -0.4 is 11.1 Å². The Hall–Kier alpha value is -0.690. The van der Waals surface area contributed by atoms with Crippen LogP contribution in [0.15, 0.2) is 22.7 Å². The number of halogens is 2. The summed E-state index contributed by atoms with van der Waals surface area (Å²) >= 11 is 14.6. The summed E-state index contributed by atoms with van der Waals surface area (Å²) in [7, 11) is 2.04. The maximum Gasteiger partial charge on any atom is 0.253 e. The average molecular weight is 391 g/mol. The van der Waals surface area contributed by atoms with E-state index in [1.165, 1.54) is 0 Å². The minimum absolute atomic E-state index is 0.251. The standard InChI is InChI=1S/C14H17BrClN3OS/c1-19-6-4-14(5-7-19,13(17)21)18-12(20)10-8-9(15)2-3-11(10)16/h2-3,8H,4-7H2,1H3,(H2,17,21)(H,18,20). The Labute approximate surface area is 143 Å². The van der Waals surface area contributed by atoms with Crippen molar-refractivity contribution >= 4 is 50.6 Å². The van der Waals surface area contributed by atoms with Crippen LogP contribution >= 0.6 is 39.7 Å². The topological polar surface area (TPSA) is 58.4 Å². The van der Waals surface area contributed by atoms with Gasteiger partial charge in [0.1, 0.15) is 0 Å². The van der Waals surface area contributed by atoms with Gasteiger partial charge in [-0.15, -0.1) is 0 Å². The summed E-state index contributed by atoms with van der Waals surface area (Å²) in [6, 6.07) is 5.17. The molecule has 1 heterocycles. The Kier molecular flexibility index (Phi) is 5.24. The second-order valence-corrected chi connectivity index (χ2v) is 7.09. The summed E-state index contributed by atoms with van der Waals surface area (Å²) in [5, 5.41) is 3.40. The quantitative estimate of drug-likeness (QED) is 0.779. The molecule has 0 unspecified atom stereocenters. The minimum Gasteiger partial charge on any atom is -0.391 e. The first-order chi connectivity index (χ1) is 9.84. The fraction of sp³-hybridized carbons (Fsp3) is 0.429. The normalized spacial score (nSPS) is 18.2. The SMILES string of the molecule is CN1CCC(NC(=O)c2cc(Br)ccc2Cl)(C(N)=S)CC1. The van der Waals surface area contributed by atoms with Crippen LogP contribution in [0.5, 0.6) is 0 Å². The monoisotopic (exact) mass is 389 g/mol. The summed E-state index contributed by atoms with van der Waals surface area (Å²) in [6.07, 6.45) is 1.41. The smallest absolute Gasteiger partial charge is 0.253 e. The number of hydrogen-bond donors (Lipinski definition) is 2. The van der Waals surface area contributed by atoms with Crippen molar-refractivity contribution in [2.45, 2.75) is 18.4 Å². The van der Waals surface area contributed by atoms with Gasteiger partial charge in [-0.05, 0) is 38.1 Å². The van der Waals surface area contributed by atoms with Crippen LogP contribution in [0, 0.1) is 0 Å². The molecule has 0 aromatic heterocycles. The lowest BCUT2D eigenvalue weighted by Gasteiger charge is -2.40. The van der Waals surface area contributed by atoms with Gasteiger partial charge >= 0.3 is 0 Å². The molecule has 21 heavy (non-hydrogen) atoms. The van der Waals surface area contributed by atoms with Crippen molar-refractivity contribution in [1.29, 1.82) is 0 Å². The van der Waals surface area contributed by atoms with Crippen molar-refractivity contribution in [3.05, 3.63) is 33.3 Å². The van der Waals surface area contributed by atoms with Crippen LogP contribution in [-0.2, 0) is 0 Å². The van der Waals surface area contributed by atoms with E-state index < -0.39 is 5.54 Å². The Morgan fingerprint density at radius 2 is 2.10 bits per heavy atom. The number of piperidine rings is 1. The zero-order valence-corrected chi connectivity index (χ0v) is 14.8. The highest BCUT2D eigenvalue weighted by Crippen LogP contribution is 2.25. The predicted octanol–water partition coefficient (Wildman–Crippen LogP) is 2.58. The molecule has 2 rings (SSSR count). The van der Waals surface area contributed by atoms with Gasteiger partial charge in [0.2, 0.25) is 0 Å². The van der Waals surface area contributed by atoms with Crippen LogP contribution in [0.2, 0.25) is 5.02 Å². The molecule has 1 amide bonds. The summed E-state index contributed by atoms with van der Waals surface area (Å²) in [4.78, 5) is 15.0. The third-order valence-corrected chi connectivity index (χ3v) is 5.05. The Morgan fingerprint density at radius 1 is 1.48 bits per heavy atom. The van der Waals surface area contributed by atoms with Gasteiger partial charge in [-0.25, -0.2) is 0 Å². The zero-order valence-electron chi connectivity index (χ0n) is 11.7. The maximum atomic E-state index is 12.5. The van der Waals surface area contributed by atoms with Gasteiger partial charge in [-0.1, -0.05) is 39.7 Å². The molecule has 0 spiro atoms. The summed E-state index contributed by atoms with van der Waals surface area (Å²) in [5.41, 5.74) is 5.68. The molecule has 1 aromatic carbocycles. The first-order valence-electron chi connectivity index (χ1n) is 6.60. The molecule has 1 aromatic rings. The molecular weight excluding hydrogens is 374 g/mol. The largest absolute Gasteiger partial charge is 0.391 e. The van der Waals surface area contributed by atoms with Gasteiger partial charge in [-0.2, -0.15) is 0 Å². The van der Waals surface area contributed by atoms with Gasteiger partial charge in [0.05, 0.1) is 21.1 Å². The first-order valence-corrected chi connectivity index (χ1v) is 8.18. The zero-order chi connectivity index (χ0) is 15.6. The molecule has 0 bridgehead atoms. The van der Waals surface area contributed by atoms with Crippen LogP contribution in [0.3, 0.4) is 0 Å². The van der Waals surface area contributed by atoms with Gasteiger partial charge in [0, 0.05) is 17.6 Å². The van der Waals surface area contributed by atoms with Crippen LogP contribution in [0.4, 0.5) is 0 Å². The number of nitrogens with two attached hydrogens (primary N) is 1. The van der Waals surface area contributed by atoms with E-state index in [0.717, 1.165) is 17.6 Å². The fourth-order valence-electron chi connectivity index (χ4n) is 2.39. The van der Waals surface area contributed by atoms with Crippen molar-refractivity contribution in [2.24, 2.45) is 5.73 Å². The van der Waals surface area contributed by atoms with Crippen molar-refractivity contribution in [1.82, 2.24) is 10.2 Å². The highest BCUT2D eigenvalue weighted by atomic mass is 79.9. The summed E-state index contributed by atoms with van der Waals surface area (Å²) in [6.45, 7) is 1.67. The second kappa shape index (κ2) is 6.60. The minimum atomic E-state index is -0.634. The fourth-order valence-corrected chi connectivity index (χ4v) is 3.21. The number of nitrogens with one attached hydrogen (secondary N) is 1. The van der Waals surface area contributed by atoms with E-state index in [-0.39, 0.29) is 5.91 Å². The molecule has 0 atom stereocenters. The van der Waals surface area contributed by atoms with Gasteiger partial charge in [0.15, 0.2) is 0 Å². The molecule has 0 saturated carbocycles. The van der Waals surface area contributed by atoms with E-state index in [0.29, 0.717) is 28.4 Å². The molecular formula is C14H17BrClN3OS. The number of carbonyl (C=O) groups excluding carboxylic acids is 1. The van der Waals surface area contributed by atoms with Crippen molar-refractivity contribution in [2.75, 3.05) is 20.1 Å². The first kappa shape index (κ1) is 16.7. The number of carbonyl (C=O) groups is 1. The highest BCUT2D eigenvalue weighted by Gasteiger charge is 2.38. The number of benzene rings is 1. The van der Waals surface area contributed by atoms with Gasteiger partial charge in [0.25, 0.3) is 5.91 Å². The van der Waals surface area contributed by atoms with Gasteiger partial charge < -0.3 is 16.0 Å². The van der Waals surface area contributed by atoms with Crippen molar-refractivity contribution < 1.29 is 4.79 Å². The molecule has 1 aliphatic rings. The van der Waals surface area contributed by atoms with Crippen molar-refractivity contribution in [3.8, 4) is 0 Å². The molecule has 0 aliphatic carbocycles. The van der Waals surface area contributed by atoms with Gasteiger partial charge in [-0.3, -0.25) is 4.79 Å². The van der Waals surface area contributed by atoms with E-state index in [1.807, 2.05) is 7.05 Å². The molecule has 1 aliphatic heterocycles. The molecule has 0 radical (unpaired) electrons. The van der Waals surface area contributed by atoms with E-state index in [4.69, 9.17) is 29.6 Å². The van der Waals surface area contributed by atoms with E-state index in [9.17, 15) is 4.79 Å². The number of hydrogen-bond acceptors (Lipinski definition) is 3. The summed E-state index contributed by atoms with van der Waals surface area (Å²) in [5.74, 6) is -0.251. The lowest BCUT2D eigenvalue weighted by atomic mass is 9.87. The highest BCUT2D eigenvalue weighted by molar-refractivity contribution is 9.10. The average Bonchev–Trinajstić information content (AvgIpc) is 2.44.